The minimum Gasteiger partial charge on any atom is -0.507 e. The van der Waals surface area contributed by atoms with Gasteiger partial charge in [0.2, 0.25) is 5.91 Å². The second-order valence-corrected chi connectivity index (χ2v) is 8.86. The molecular formula is C25H27N3O2S. The van der Waals surface area contributed by atoms with E-state index in [4.69, 9.17) is 4.98 Å². The number of carbonyl (C=O) groups excluding carboxylic acids is 1. The van der Waals surface area contributed by atoms with E-state index in [2.05, 4.69) is 46.8 Å². The van der Waals surface area contributed by atoms with E-state index in [1.54, 1.807) is 24.8 Å². The van der Waals surface area contributed by atoms with Gasteiger partial charge >= 0.3 is 0 Å². The fourth-order valence-corrected chi connectivity index (χ4v) is 4.40. The highest BCUT2D eigenvalue weighted by atomic mass is 32.2. The number of nitrogens with one attached hydrogen (secondary N) is 1. The molecule has 1 amide bonds. The van der Waals surface area contributed by atoms with Crippen LogP contribution >= 0.6 is 11.8 Å². The fourth-order valence-electron chi connectivity index (χ4n) is 3.99. The van der Waals surface area contributed by atoms with Gasteiger partial charge in [-0.15, -0.1) is 11.8 Å². The number of rotatable bonds is 5. The van der Waals surface area contributed by atoms with Gasteiger partial charge in [0.1, 0.15) is 11.6 Å². The summed E-state index contributed by atoms with van der Waals surface area (Å²) in [6, 6.07) is 18.3. The van der Waals surface area contributed by atoms with Crippen molar-refractivity contribution in [3.63, 3.8) is 0 Å². The van der Waals surface area contributed by atoms with Gasteiger partial charge < -0.3 is 15.3 Å². The zero-order chi connectivity index (χ0) is 22.0. The Hall–Kier alpha value is -2.99. The van der Waals surface area contributed by atoms with Crippen LogP contribution in [0.1, 0.15) is 18.9 Å². The number of phenols is 1. The second-order valence-electron chi connectivity index (χ2n) is 7.98. The Balaban J connectivity index is 1.77. The van der Waals surface area contributed by atoms with Crippen LogP contribution in [0.4, 0.5) is 5.82 Å². The van der Waals surface area contributed by atoms with Crippen molar-refractivity contribution in [3.8, 4) is 28.1 Å². The molecule has 1 unspecified atom stereocenters. The highest BCUT2D eigenvalue weighted by Crippen LogP contribution is 2.35. The number of phenolic OH excluding ortho intramolecular Hbond substituents is 1. The predicted molar refractivity (Wildman–Crippen MR) is 128 cm³/mol. The minimum absolute atomic E-state index is 0.00665. The summed E-state index contributed by atoms with van der Waals surface area (Å²) in [4.78, 5) is 19.8. The third kappa shape index (κ3) is 4.85. The Bertz CT molecular complexity index is 1100. The molecule has 1 atom stereocenters. The van der Waals surface area contributed by atoms with Gasteiger partial charge in [-0.05, 0) is 67.1 Å². The SMILES string of the molecule is CSc1ccc(-c2cc(-c3cc(C)ccc3O)nc(N3CCC(NC(C)=O)C3)c2)cc1. The molecule has 1 aliphatic heterocycles. The summed E-state index contributed by atoms with van der Waals surface area (Å²) in [7, 11) is 0. The molecule has 6 heteroatoms. The van der Waals surface area contributed by atoms with Gasteiger partial charge in [0, 0.05) is 36.5 Å². The molecule has 31 heavy (non-hydrogen) atoms. The number of aryl methyl sites for hydroxylation is 1. The fraction of sp³-hybridized carbons (Fsp3) is 0.280. The Morgan fingerprint density at radius 3 is 2.61 bits per heavy atom. The Labute approximate surface area is 187 Å². The summed E-state index contributed by atoms with van der Waals surface area (Å²) < 4.78 is 0. The largest absolute Gasteiger partial charge is 0.507 e. The van der Waals surface area contributed by atoms with Crippen LogP contribution < -0.4 is 10.2 Å². The van der Waals surface area contributed by atoms with Crippen LogP contribution in [0.15, 0.2) is 59.5 Å². The average Bonchev–Trinajstić information content (AvgIpc) is 3.23. The topological polar surface area (TPSA) is 65.5 Å². The maximum absolute atomic E-state index is 11.5. The maximum Gasteiger partial charge on any atom is 0.217 e. The highest BCUT2D eigenvalue weighted by molar-refractivity contribution is 7.98. The first-order chi connectivity index (χ1) is 14.9. The van der Waals surface area contributed by atoms with Crippen LogP contribution in [0.5, 0.6) is 5.75 Å². The molecule has 1 fully saturated rings. The smallest absolute Gasteiger partial charge is 0.217 e. The number of nitrogens with zero attached hydrogens (tertiary/aromatic N) is 2. The van der Waals surface area contributed by atoms with Crippen molar-refractivity contribution in [2.75, 3.05) is 24.2 Å². The summed E-state index contributed by atoms with van der Waals surface area (Å²) in [6.07, 6.45) is 2.95. The van der Waals surface area contributed by atoms with Crippen molar-refractivity contribution in [2.45, 2.75) is 31.2 Å². The molecule has 1 aromatic heterocycles. The van der Waals surface area contributed by atoms with Crippen molar-refractivity contribution in [2.24, 2.45) is 0 Å². The number of amides is 1. The highest BCUT2D eigenvalue weighted by Gasteiger charge is 2.25. The minimum atomic E-state index is -0.00665. The first kappa shape index (κ1) is 21.2. The molecule has 1 aliphatic rings. The van der Waals surface area contributed by atoms with Crippen molar-refractivity contribution >= 4 is 23.5 Å². The molecule has 0 spiro atoms. The molecule has 2 N–H and O–H groups in total. The number of aromatic hydroxyl groups is 1. The van der Waals surface area contributed by atoms with E-state index in [1.807, 2.05) is 25.1 Å². The summed E-state index contributed by atoms with van der Waals surface area (Å²) >= 11 is 1.72. The summed E-state index contributed by atoms with van der Waals surface area (Å²) in [6.45, 7) is 5.11. The van der Waals surface area contributed by atoms with Crippen molar-refractivity contribution in [1.29, 1.82) is 0 Å². The van der Waals surface area contributed by atoms with Crippen molar-refractivity contribution < 1.29 is 9.90 Å². The lowest BCUT2D eigenvalue weighted by Gasteiger charge is -2.20. The van der Waals surface area contributed by atoms with Crippen LogP contribution in [-0.2, 0) is 4.79 Å². The maximum atomic E-state index is 11.5. The van der Waals surface area contributed by atoms with Crippen LogP contribution in [0.25, 0.3) is 22.4 Å². The molecule has 1 saturated heterocycles. The number of thioether (sulfide) groups is 1. The quantitative estimate of drug-likeness (QED) is 0.562. The molecule has 0 aliphatic carbocycles. The van der Waals surface area contributed by atoms with Crippen LogP contribution in [0.3, 0.4) is 0 Å². The first-order valence-electron chi connectivity index (χ1n) is 10.4. The van der Waals surface area contributed by atoms with Gasteiger partial charge in [0.05, 0.1) is 5.69 Å². The Morgan fingerprint density at radius 1 is 1.13 bits per heavy atom. The molecule has 2 heterocycles. The van der Waals surface area contributed by atoms with E-state index in [9.17, 15) is 9.90 Å². The molecule has 5 nitrogen and oxygen atoms in total. The molecule has 0 saturated carbocycles. The number of benzene rings is 2. The average molecular weight is 434 g/mol. The van der Waals surface area contributed by atoms with E-state index >= 15 is 0 Å². The van der Waals surface area contributed by atoms with Crippen molar-refractivity contribution in [1.82, 2.24) is 10.3 Å². The number of carbonyl (C=O) groups is 1. The van der Waals surface area contributed by atoms with Crippen molar-refractivity contribution in [3.05, 3.63) is 60.2 Å². The van der Waals surface area contributed by atoms with Gasteiger partial charge in [0.15, 0.2) is 0 Å². The Morgan fingerprint density at radius 2 is 1.90 bits per heavy atom. The van der Waals surface area contributed by atoms with Gasteiger partial charge in [0.25, 0.3) is 0 Å². The second kappa shape index (κ2) is 9.02. The summed E-state index contributed by atoms with van der Waals surface area (Å²) in [5.41, 5.74) is 4.69. The van der Waals surface area contributed by atoms with E-state index in [0.29, 0.717) is 0 Å². The summed E-state index contributed by atoms with van der Waals surface area (Å²) in [5, 5.41) is 13.5. The van der Waals surface area contributed by atoms with Crippen LogP contribution in [-0.4, -0.2) is 41.4 Å². The molecule has 160 valence electrons. The molecular weight excluding hydrogens is 406 g/mol. The number of hydrogen-bond donors (Lipinski definition) is 2. The molecule has 0 bridgehead atoms. The third-order valence-corrected chi connectivity index (χ3v) is 6.33. The zero-order valence-electron chi connectivity index (χ0n) is 18.1. The lowest BCUT2D eigenvalue weighted by Crippen LogP contribution is -2.35. The van der Waals surface area contributed by atoms with Gasteiger partial charge in [-0.1, -0.05) is 23.8 Å². The number of pyridine rings is 1. The van der Waals surface area contributed by atoms with Crippen LogP contribution in [0.2, 0.25) is 0 Å². The first-order valence-corrected chi connectivity index (χ1v) is 11.6. The third-order valence-electron chi connectivity index (χ3n) is 5.58. The molecule has 4 rings (SSSR count). The lowest BCUT2D eigenvalue weighted by molar-refractivity contribution is -0.119. The number of aromatic nitrogens is 1. The van der Waals surface area contributed by atoms with E-state index in [-0.39, 0.29) is 17.7 Å². The molecule has 2 aromatic carbocycles. The van der Waals surface area contributed by atoms with Crippen LogP contribution in [0, 0.1) is 6.92 Å². The number of hydrogen-bond acceptors (Lipinski definition) is 5. The van der Waals surface area contributed by atoms with E-state index < -0.39 is 0 Å². The monoisotopic (exact) mass is 433 g/mol. The lowest BCUT2D eigenvalue weighted by atomic mass is 10.0. The van der Waals surface area contributed by atoms with Gasteiger partial charge in [-0.25, -0.2) is 4.98 Å². The standard InChI is InChI=1S/C25H27N3O2S/c1-16-4-9-24(30)22(12-16)23-13-19(18-5-7-21(31-3)8-6-18)14-25(27-23)28-11-10-20(15-28)26-17(2)29/h4-9,12-14,20,30H,10-11,15H2,1-3H3,(H,26,29). The molecule has 0 radical (unpaired) electrons. The summed E-state index contributed by atoms with van der Waals surface area (Å²) in [5.74, 6) is 1.07. The van der Waals surface area contributed by atoms with E-state index in [0.717, 1.165) is 53.3 Å². The number of anilines is 1. The normalized spacial score (nSPS) is 15.8. The van der Waals surface area contributed by atoms with Gasteiger partial charge in [-0.2, -0.15) is 0 Å². The predicted octanol–water partition coefficient (Wildman–Crippen LogP) is 4.87. The van der Waals surface area contributed by atoms with Gasteiger partial charge in [-0.3, -0.25) is 4.79 Å². The molecule has 3 aromatic rings. The zero-order valence-corrected chi connectivity index (χ0v) is 18.9. The Kier molecular flexibility index (Phi) is 6.18. The van der Waals surface area contributed by atoms with E-state index in [1.165, 1.54) is 4.90 Å².